The molecule has 1 fully saturated rings. The van der Waals surface area contributed by atoms with Crippen LogP contribution < -0.4 is 11.1 Å². The van der Waals surface area contributed by atoms with E-state index >= 15 is 0 Å². The van der Waals surface area contributed by atoms with Crippen LogP contribution in [0.3, 0.4) is 0 Å². The van der Waals surface area contributed by atoms with Gasteiger partial charge in [0.1, 0.15) is 17.5 Å². The van der Waals surface area contributed by atoms with Gasteiger partial charge in [0, 0.05) is 36.0 Å². The summed E-state index contributed by atoms with van der Waals surface area (Å²) in [6, 6.07) is 2.19. The lowest BCUT2D eigenvalue weighted by Crippen LogP contribution is -2.07. The molecule has 2 aromatic heterocycles. The molecule has 0 bridgehead atoms. The number of nitrogens with two attached hydrogens (primary N) is 1. The van der Waals surface area contributed by atoms with Crippen molar-refractivity contribution in [1.82, 2.24) is 15.0 Å². The first-order valence-electron chi connectivity index (χ1n) is 8.15. The molecule has 1 aliphatic carbocycles. The molecule has 0 unspecified atom stereocenters. The smallest absolute Gasteiger partial charge is 0.222 e. The molecule has 1 atom stereocenters. The molecular formula is C18H22N6. The fraction of sp³-hybridized carbons (Fsp3) is 0.444. The largest absolute Gasteiger partial charge is 0.383 e. The van der Waals surface area contributed by atoms with Gasteiger partial charge in [0.25, 0.3) is 0 Å². The number of anilines is 2. The van der Waals surface area contributed by atoms with Crippen molar-refractivity contribution in [2.75, 3.05) is 17.6 Å². The molecule has 6 nitrogen and oxygen atoms in total. The predicted molar refractivity (Wildman–Crippen MR) is 94.4 cm³/mol. The normalized spacial score (nSPS) is 18.0. The molecule has 0 spiro atoms. The summed E-state index contributed by atoms with van der Waals surface area (Å²) in [5.74, 6) is 1.24. The van der Waals surface area contributed by atoms with Crippen molar-refractivity contribution in [2.45, 2.75) is 40.0 Å². The quantitative estimate of drug-likeness (QED) is 0.896. The van der Waals surface area contributed by atoms with E-state index in [0.717, 1.165) is 35.3 Å². The van der Waals surface area contributed by atoms with Gasteiger partial charge in [0.15, 0.2) is 0 Å². The van der Waals surface area contributed by atoms with Crippen molar-refractivity contribution in [3.63, 3.8) is 0 Å². The first-order chi connectivity index (χ1) is 11.4. The lowest BCUT2D eigenvalue weighted by molar-refractivity contribution is 0.615. The Hall–Kier alpha value is -2.68. The first-order valence-corrected chi connectivity index (χ1v) is 8.15. The van der Waals surface area contributed by atoms with Gasteiger partial charge in [0.05, 0.1) is 5.69 Å². The van der Waals surface area contributed by atoms with Gasteiger partial charge in [-0.15, -0.1) is 0 Å². The molecule has 3 N–H and O–H groups in total. The Labute approximate surface area is 142 Å². The fourth-order valence-corrected chi connectivity index (χ4v) is 3.17. The molecule has 24 heavy (non-hydrogen) atoms. The summed E-state index contributed by atoms with van der Waals surface area (Å²) in [6.45, 7) is 9.19. The van der Waals surface area contributed by atoms with E-state index in [-0.39, 0.29) is 11.2 Å². The molecule has 1 saturated carbocycles. The number of aromatic nitrogens is 3. The van der Waals surface area contributed by atoms with Crippen molar-refractivity contribution < 1.29 is 0 Å². The van der Waals surface area contributed by atoms with Crippen molar-refractivity contribution in [3.05, 3.63) is 29.2 Å². The standard InChI is InChI=1S/C18H22N6/c1-5-21-17-22-8-11(9-23-17)14-10(2)15(13-6-18(13,3)4)24-16(20)12(14)7-19/h8-9,13H,5-6H2,1-4H3,(H2,20,24)(H,21,22,23)/t13-/m1/s1. The molecule has 1 aliphatic rings. The molecule has 0 amide bonds. The van der Waals surface area contributed by atoms with Crippen LogP contribution in [0.4, 0.5) is 11.8 Å². The monoisotopic (exact) mass is 322 g/mol. The average molecular weight is 322 g/mol. The second-order valence-corrected chi connectivity index (χ2v) is 6.94. The van der Waals surface area contributed by atoms with Crippen LogP contribution in [0, 0.1) is 23.7 Å². The molecule has 0 saturated heterocycles. The lowest BCUT2D eigenvalue weighted by atomic mass is 9.94. The van der Waals surface area contributed by atoms with Crippen LogP contribution in [0.15, 0.2) is 12.4 Å². The van der Waals surface area contributed by atoms with Gasteiger partial charge in [-0.25, -0.2) is 15.0 Å². The molecule has 6 heteroatoms. The van der Waals surface area contributed by atoms with Crippen LogP contribution in [0.25, 0.3) is 11.1 Å². The second-order valence-electron chi connectivity index (χ2n) is 6.94. The van der Waals surface area contributed by atoms with Crippen molar-refractivity contribution >= 4 is 11.8 Å². The highest BCUT2D eigenvalue weighted by atomic mass is 15.1. The van der Waals surface area contributed by atoms with E-state index in [1.165, 1.54) is 0 Å². The van der Waals surface area contributed by atoms with Crippen molar-refractivity contribution in [2.24, 2.45) is 5.41 Å². The lowest BCUT2D eigenvalue weighted by Gasteiger charge is -2.15. The van der Waals surface area contributed by atoms with Gasteiger partial charge in [-0.1, -0.05) is 13.8 Å². The second kappa shape index (κ2) is 5.75. The number of nitrogen functional groups attached to an aromatic ring is 1. The minimum atomic E-state index is 0.237. The van der Waals surface area contributed by atoms with Gasteiger partial charge >= 0.3 is 0 Å². The third kappa shape index (κ3) is 2.67. The van der Waals surface area contributed by atoms with Crippen LogP contribution in [0.1, 0.15) is 49.9 Å². The zero-order valence-corrected chi connectivity index (χ0v) is 14.5. The highest BCUT2D eigenvalue weighted by molar-refractivity contribution is 5.78. The molecule has 0 radical (unpaired) electrons. The zero-order chi connectivity index (χ0) is 17.5. The Kier molecular flexibility index (Phi) is 3.88. The van der Waals surface area contributed by atoms with Gasteiger partial charge in [-0.3, -0.25) is 0 Å². The third-order valence-corrected chi connectivity index (χ3v) is 4.74. The molecular weight excluding hydrogens is 300 g/mol. The number of nitrogens with zero attached hydrogens (tertiary/aromatic N) is 4. The summed E-state index contributed by atoms with van der Waals surface area (Å²) in [7, 11) is 0. The van der Waals surface area contributed by atoms with E-state index in [1.54, 1.807) is 12.4 Å². The van der Waals surface area contributed by atoms with E-state index < -0.39 is 0 Å². The number of nitrogens with one attached hydrogen (secondary N) is 1. The van der Waals surface area contributed by atoms with E-state index in [1.807, 2.05) is 13.8 Å². The van der Waals surface area contributed by atoms with Gasteiger partial charge < -0.3 is 11.1 Å². The van der Waals surface area contributed by atoms with Gasteiger partial charge in [0.2, 0.25) is 5.95 Å². The molecule has 0 aliphatic heterocycles. The number of hydrogen-bond donors (Lipinski definition) is 2. The van der Waals surface area contributed by atoms with Crippen molar-refractivity contribution in [1.29, 1.82) is 5.26 Å². The predicted octanol–water partition coefficient (Wildman–Crippen LogP) is 3.25. The first kappa shape index (κ1) is 16.2. The number of hydrogen-bond acceptors (Lipinski definition) is 6. The van der Waals surface area contributed by atoms with Gasteiger partial charge in [-0.2, -0.15) is 5.26 Å². The van der Waals surface area contributed by atoms with E-state index in [0.29, 0.717) is 17.4 Å². The van der Waals surface area contributed by atoms with E-state index in [9.17, 15) is 5.26 Å². The Bertz CT molecular complexity index is 817. The van der Waals surface area contributed by atoms with Crippen LogP contribution >= 0.6 is 0 Å². The van der Waals surface area contributed by atoms with Crippen LogP contribution in [0.2, 0.25) is 0 Å². The van der Waals surface area contributed by atoms with E-state index in [4.69, 9.17) is 5.73 Å². The van der Waals surface area contributed by atoms with Gasteiger partial charge in [-0.05, 0) is 31.2 Å². The molecule has 2 aromatic rings. The summed E-state index contributed by atoms with van der Waals surface area (Å²) < 4.78 is 0. The minimum absolute atomic E-state index is 0.237. The number of nitriles is 1. The molecule has 3 rings (SSSR count). The maximum absolute atomic E-state index is 9.55. The molecule has 2 heterocycles. The Morgan fingerprint density at radius 2 is 2.00 bits per heavy atom. The summed E-state index contributed by atoms with van der Waals surface area (Å²) in [5.41, 5.74) is 10.3. The minimum Gasteiger partial charge on any atom is -0.383 e. The van der Waals surface area contributed by atoms with E-state index in [2.05, 4.69) is 40.2 Å². The number of pyridine rings is 1. The summed E-state index contributed by atoms with van der Waals surface area (Å²) in [5, 5.41) is 12.6. The highest BCUT2D eigenvalue weighted by Crippen LogP contribution is 2.59. The molecule has 124 valence electrons. The fourth-order valence-electron chi connectivity index (χ4n) is 3.17. The SMILES string of the molecule is CCNc1ncc(-c2c(C)c([C@H]3CC3(C)C)nc(N)c2C#N)cn1. The average Bonchev–Trinajstić information content (AvgIpc) is 3.18. The highest BCUT2D eigenvalue weighted by Gasteiger charge is 2.48. The maximum Gasteiger partial charge on any atom is 0.222 e. The van der Waals surface area contributed by atoms with Crippen molar-refractivity contribution in [3.8, 4) is 17.2 Å². The Morgan fingerprint density at radius 1 is 1.38 bits per heavy atom. The summed E-state index contributed by atoms with van der Waals surface area (Å²) >= 11 is 0. The topological polar surface area (TPSA) is 101 Å². The molecule has 0 aromatic carbocycles. The Balaban J connectivity index is 2.13. The van der Waals surface area contributed by atoms with Crippen LogP contribution in [-0.2, 0) is 0 Å². The summed E-state index contributed by atoms with van der Waals surface area (Å²) in [4.78, 5) is 13.2. The van der Waals surface area contributed by atoms with Crippen LogP contribution in [-0.4, -0.2) is 21.5 Å². The number of rotatable bonds is 4. The maximum atomic E-state index is 9.55. The Morgan fingerprint density at radius 3 is 2.50 bits per heavy atom. The third-order valence-electron chi connectivity index (χ3n) is 4.74. The van der Waals surface area contributed by atoms with Crippen LogP contribution in [0.5, 0.6) is 0 Å². The zero-order valence-electron chi connectivity index (χ0n) is 14.5. The summed E-state index contributed by atoms with van der Waals surface area (Å²) in [6.07, 6.45) is 4.55.